The second kappa shape index (κ2) is 6.12. The maximum atomic E-state index is 12.7. The van der Waals surface area contributed by atoms with E-state index in [1.165, 1.54) is 16.2 Å². The van der Waals surface area contributed by atoms with Crippen molar-refractivity contribution >= 4 is 68.2 Å². The number of hydrogen-bond acceptors (Lipinski definition) is 4. The summed E-state index contributed by atoms with van der Waals surface area (Å²) in [5.41, 5.74) is 0.675. The van der Waals surface area contributed by atoms with E-state index in [0.717, 1.165) is 9.35 Å². The van der Waals surface area contributed by atoms with Crippen molar-refractivity contribution in [2.24, 2.45) is 0 Å². The van der Waals surface area contributed by atoms with Crippen molar-refractivity contribution in [1.29, 1.82) is 0 Å². The Kier molecular flexibility index (Phi) is 4.19. The number of thiocarbonyl (C=S) groups is 1. The van der Waals surface area contributed by atoms with Gasteiger partial charge in [-0.1, -0.05) is 22.0 Å². The summed E-state index contributed by atoms with van der Waals surface area (Å²) in [6.45, 7) is 0. The standard InChI is InChI=1S/C15H9BrN2O2S2/c16-9-3-5-10(6-4-9)18-14(20)12(13(19)17-15(18)21)8-11-2-1-7-22-11/h1-8H,(H,17,19,21)/b12-8+. The first-order valence-electron chi connectivity index (χ1n) is 6.27. The molecule has 0 atom stereocenters. The zero-order valence-electron chi connectivity index (χ0n) is 11.1. The fraction of sp³-hybridized carbons (Fsp3) is 0. The van der Waals surface area contributed by atoms with Crippen LogP contribution in [0.1, 0.15) is 4.88 Å². The molecule has 1 fully saturated rings. The van der Waals surface area contributed by atoms with Crippen molar-refractivity contribution in [1.82, 2.24) is 5.32 Å². The largest absolute Gasteiger partial charge is 0.298 e. The smallest absolute Gasteiger partial charge is 0.270 e. The molecule has 2 heterocycles. The van der Waals surface area contributed by atoms with E-state index in [1.54, 1.807) is 18.2 Å². The number of carbonyl (C=O) groups is 2. The lowest BCUT2D eigenvalue weighted by Gasteiger charge is -2.28. The van der Waals surface area contributed by atoms with Gasteiger partial charge in [-0.15, -0.1) is 11.3 Å². The van der Waals surface area contributed by atoms with E-state index in [0.29, 0.717) is 5.69 Å². The Hall–Kier alpha value is -1.83. The van der Waals surface area contributed by atoms with Crippen LogP contribution in [0.2, 0.25) is 0 Å². The van der Waals surface area contributed by atoms with Gasteiger partial charge < -0.3 is 0 Å². The van der Waals surface area contributed by atoms with Crippen molar-refractivity contribution < 1.29 is 9.59 Å². The average molecular weight is 393 g/mol. The fourth-order valence-corrected chi connectivity index (χ4v) is 3.20. The second-order valence-corrected chi connectivity index (χ2v) is 6.73. The SMILES string of the molecule is O=C1NC(=S)N(c2ccc(Br)cc2)C(=O)/C1=C/c1cccs1. The first-order valence-corrected chi connectivity index (χ1v) is 8.35. The van der Waals surface area contributed by atoms with Gasteiger partial charge >= 0.3 is 0 Å². The van der Waals surface area contributed by atoms with Gasteiger partial charge in [0.15, 0.2) is 5.11 Å². The lowest BCUT2D eigenvalue weighted by molar-refractivity contribution is -0.122. The lowest BCUT2D eigenvalue weighted by Crippen LogP contribution is -2.54. The molecule has 7 heteroatoms. The second-order valence-electron chi connectivity index (χ2n) is 4.45. The van der Waals surface area contributed by atoms with Gasteiger partial charge in [0.2, 0.25) is 0 Å². The van der Waals surface area contributed by atoms with Crippen molar-refractivity contribution in [3.05, 3.63) is 56.7 Å². The maximum absolute atomic E-state index is 12.7. The van der Waals surface area contributed by atoms with Crippen LogP contribution in [0.5, 0.6) is 0 Å². The molecule has 0 saturated carbocycles. The van der Waals surface area contributed by atoms with Gasteiger partial charge in [0.1, 0.15) is 5.57 Å². The molecule has 1 N–H and O–H groups in total. The Morgan fingerprint density at radius 2 is 1.91 bits per heavy atom. The molecular weight excluding hydrogens is 384 g/mol. The summed E-state index contributed by atoms with van der Waals surface area (Å²) in [4.78, 5) is 26.9. The first kappa shape index (κ1) is 15.1. The molecule has 3 rings (SSSR count). The molecule has 1 aromatic heterocycles. The van der Waals surface area contributed by atoms with Gasteiger partial charge in [-0.05, 0) is 54.0 Å². The van der Waals surface area contributed by atoms with Crippen LogP contribution in [0.4, 0.5) is 5.69 Å². The number of nitrogens with zero attached hydrogens (tertiary/aromatic N) is 1. The van der Waals surface area contributed by atoms with Gasteiger partial charge in [0, 0.05) is 9.35 Å². The molecule has 1 aromatic carbocycles. The minimum Gasteiger partial charge on any atom is -0.298 e. The number of nitrogens with one attached hydrogen (secondary N) is 1. The molecule has 1 aliphatic rings. The summed E-state index contributed by atoms with van der Waals surface area (Å²) >= 11 is 9.93. The number of rotatable bonds is 2. The highest BCUT2D eigenvalue weighted by molar-refractivity contribution is 9.10. The third-order valence-corrected chi connectivity index (χ3v) is 4.65. The van der Waals surface area contributed by atoms with Gasteiger partial charge in [-0.3, -0.25) is 19.8 Å². The van der Waals surface area contributed by atoms with Gasteiger partial charge in [0.05, 0.1) is 5.69 Å². The summed E-state index contributed by atoms with van der Waals surface area (Å²) in [6, 6.07) is 10.8. The normalized spacial score (nSPS) is 17.0. The van der Waals surface area contributed by atoms with Crippen LogP contribution in [0.15, 0.2) is 51.8 Å². The molecule has 110 valence electrons. The fourth-order valence-electron chi connectivity index (χ4n) is 2.00. The molecule has 2 aromatic rings. The van der Waals surface area contributed by atoms with E-state index < -0.39 is 11.8 Å². The zero-order valence-corrected chi connectivity index (χ0v) is 14.3. The van der Waals surface area contributed by atoms with E-state index >= 15 is 0 Å². The Morgan fingerprint density at radius 1 is 1.18 bits per heavy atom. The number of anilines is 1. The molecule has 0 bridgehead atoms. The van der Waals surface area contributed by atoms with Gasteiger partial charge in [-0.2, -0.15) is 0 Å². The highest BCUT2D eigenvalue weighted by Crippen LogP contribution is 2.24. The number of benzene rings is 1. The quantitative estimate of drug-likeness (QED) is 0.484. The summed E-state index contributed by atoms with van der Waals surface area (Å²) < 4.78 is 0.894. The maximum Gasteiger partial charge on any atom is 0.270 e. The van der Waals surface area contributed by atoms with E-state index in [2.05, 4.69) is 21.2 Å². The Bertz CT molecular complexity index is 782. The number of hydrogen-bond donors (Lipinski definition) is 1. The molecular formula is C15H9BrN2O2S2. The number of thiophene rings is 1. The highest BCUT2D eigenvalue weighted by Gasteiger charge is 2.34. The summed E-state index contributed by atoms with van der Waals surface area (Å²) in [6.07, 6.45) is 1.58. The topological polar surface area (TPSA) is 49.4 Å². The Balaban J connectivity index is 2.01. The van der Waals surface area contributed by atoms with E-state index in [1.807, 2.05) is 29.6 Å². The third kappa shape index (κ3) is 2.87. The van der Waals surface area contributed by atoms with Crippen molar-refractivity contribution in [2.45, 2.75) is 0 Å². The Morgan fingerprint density at radius 3 is 2.55 bits per heavy atom. The number of halogens is 1. The van der Waals surface area contributed by atoms with E-state index in [-0.39, 0.29) is 10.7 Å². The van der Waals surface area contributed by atoms with Crippen LogP contribution in [0.25, 0.3) is 6.08 Å². The predicted octanol–water partition coefficient (Wildman–Crippen LogP) is 3.34. The Labute approximate surface area is 144 Å². The summed E-state index contributed by atoms with van der Waals surface area (Å²) in [5.74, 6) is -0.902. The van der Waals surface area contributed by atoms with Crippen LogP contribution in [0, 0.1) is 0 Å². The molecule has 1 saturated heterocycles. The van der Waals surface area contributed by atoms with Crippen LogP contribution in [-0.2, 0) is 9.59 Å². The monoisotopic (exact) mass is 392 g/mol. The minimum atomic E-state index is -0.475. The summed E-state index contributed by atoms with van der Waals surface area (Å²) in [7, 11) is 0. The molecule has 4 nitrogen and oxygen atoms in total. The highest BCUT2D eigenvalue weighted by atomic mass is 79.9. The van der Waals surface area contributed by atoms with Crippen LogP contribution < -0.4 is 10.2 Å². The van der Waals surface area contributed by atoms with Gasteiger partial charge in [0.25, 0.3) is 11.8 Å². The molecule has 1 aliphatic heterocycles. The van der Waals surface area contributed by atoms with E-state index in [4.69, 9.17) is 12.2 Å². The van der Waals surface area contributed by atoms with E-state index in [9.17, 15) is 9.59 Å². The average Bonchev–Trinajstić information content (AvgIpc) is 2.98. The molecule has 0 spiro atoms. The number of amides is 2. The van der Waals surface area contributed by atoms with Crippen molar-refractivity contribution in [3.63, 3.8) is 0 Å². The number of carbonyl (C=O) groups excluding carboxylic acids is 2. The van der Waals surface area contributed by atoms with Crippen molar-refractivity contribution in [3.8, 4) is 0 Å². The molecule has 0 aliphatic carbocycles. The molecule has 2 amide bonds. The van der Waals surface area contributed by atoms with Crippen LogP contribution in [0.3, 0.4) is 0 Å². The van der Waals surface area contributed by atoms with Crippen molar-refractivity contribution in [2.75, 3.05) is 4.90 Å². The summed E-state index contributed by atoms with van der Waals surface area (Å²) in [5, 5.41) is 4.53. The molecule has 22 heavy (non-hydrogen) atoms. The van der Waals surface area contributed by atoms with Crippen LogP contribution >= 0.6 is 39.5 Å². The zero-order chi connectivity index (χ0) is 15.7. The molecule has 0 unspecified atom stereocenters. The molecule has 0 radical (unpaired) electrons. The van der Waals surface area contributed by atoms with Gasteiger partial charge in [-0.25, -0.2) is 0 Å². The predicted molar refractivity (Wildman–Crippen MR) is 94.7 cm³/mol. The minimum absolute atomic E-state index is 0.0685. The third-order valence-electron chi connectivity index (χ3n) is 3.02. The van der Waals surface area contributed by atoms with Crippen LogP contribution in [-0.4, -0.2) is 16.9 Å². The lowest BCUT2D eigenvalue weighted by atomic mass is 10.1. The first-order chi connectivity index (χ1) is 10.6.